The Kier molecular flexibility index (Phi) is 7.25. The summed E-state index contributed by atoms with van der Waals surface area (Å²) >= 11 is 1.89. The third-order valence-electron chi connectivity index (χ3n) is 13.8. The molecule has 0 saturated heterocycles. The highest BCUT2D eigenvalue weighted by Gasteiger charge is 2.53. The smallest absolute Gasteiger partial charge is 0.0755 e. The van der Waals surface area contributed by atoms with Gasteiger partial charge in [-0.25, -0.2) is 0 Å². The molecule has 2 nitrogen and oxygen atoms in total. The minimum absolute atomic E-state index is 0.130. The lowest BCUT2D eigenvalue weighted by molar-refractivity contribution is 0.660. The van der Waals surface area contributed by atoms with Crippen LogP contribution in [0.15, 0.2) is 216 Å². The first-order valence-corrected chi connectivity index (χ1v) is 22.1. The molecule has 9 aromatic rings. The predicted octanol–water partition coefficient (Wildman–Crippen LogP) is 15.7. The summed E-state index contributed by atoms with van der Waals surface area (Å²) in [7, 11) is 0. The van der Waals surface area contributed by atoms with E-state index in [0.29, 0.717) is 0 Å². The zero-order valence-corrected chi connectivity index (χ0v) is 34.7. The summed E-state index contributed by atoms with van der Waals surface area (Å²) in [5.41, 5.74) is 22.2. The van der Waals surface area contributed by atoms with E-state index in [1.165, 1.54) is 93.6 Å². The molecule has 9 aromatic carbocycles. The van der Waals surface area contributed by atoms with Gasteiger partial charge in [-0.05, 0) is 127 Å². The first-order valence-electron chi connectivity index (χ1n) is 21.3. The van der Waals surface area contributed by atoms with Crippen molar-refractivity contribution in [3.05, 3.63) is 240 Å². The Morgan fingerprint density at radius 1 is 0.377 bits per heavy atom. The van der Waals surface area contributed by atoms with Gasteiger partial charge in [0.05, 0.1) is 22.5 Å². The van der Waals surface area contributed by atoms with Crippen molar-refractivity contribution in [3.8, 4) is 33.4 Å². The van der Waals surface area contributed by atoms with Gasteiger partial charge in [-0.3, -0.25) is 0 Å². The number of nitrogens with zero attached hydrogens (tertiary/aromatic N) is 2. The van der Waals surface area contributed by atoms with Crippen molar-refractivity contribution in [1.29, 1.82) is 0 Å². The lowest BCUT2D eigenvalue weighted by Gasteiger charge is -2.47. The van der Waals surface area contributed by atoms with Crippen molar-refractivity contribution in [2.24, 2.45) is 0 Å². The molecule has 3 heteroatoms. The lowest BCUT2D eigenvalue weighted by atomic mass is 9.64. The summed E-state index contributed by atoms with van der Waals surface area (Å²) in [6.45, 7) is 4.75. The Bertz CT molecular complexity index is 3270. The Balaban J connectivity index is 1.06. The van der Waals surface area contributed by atoms with Crippen molar-refractivity contribution in [2.75, 3.05) is 9.80 Å². The molecule has 2 heterocycles. The van der Waals surface area contributed by atoms with Crippen molar-refractivity contribution in [3.63, 3.8) is 0 Å². The fourth-order valence-corrected chi connectivity index (χ4v) is 12.3. The van der Waals surface area contributed by atoms with E-state index in [0.717, 1.165) is 17.1 Å². The zero-order chi connectivity index (χ0) is 40.5. The number of benzene rings is 9. The van der Waals surface area contributed by atoms with Gasteiger partial charge in [0, 0.05) is 32.3 Å². The SMILES string of the molecule is CC1(C)c2ccccc2-c2ccc(N(c3ccc(-c4ccccc4)cc3)c3ccc4c(c3)C3(c5ccccc5-4)c4ccccc4N4c5ccccc5Sc5cccc3c54)cc21. The van der Waals surface area contributed by atoms with Gasteiger partial charge in [0.1, 0.15) is 0 Å². The molecule has 13 rings (SSSR count). The summed E-state index contributed by atoms with van der Waals surface area (Å²) in [5.74, 6) is 0. The minimum Gasteiger partial charge on any atom is -0.310 e. The van der Waals surface area contributed by atoms with Crippen LogP contribution < -0.4 is 9.80 Å². The highest BCUT2D eigenvalue weighted by molar-refractivity contribution is 7.99. The topological polar surface area (TPSA) is 6.48 Å². The second kappa shape index (κ2) is 12.7. The van der Waals surface area contributed by atoms with E-state index in [1.807, 2.05) is 11.8 Å². The molecular formula is C58H40N2S. The molecule has 1 spiro atoms. The molecule has 2 aliphatic carbocycles. The van der Waals surface area contributed by atoms with Crippen molar-refractivity contribution >= 4 is 45.9 Å². The molecule has 0 radical (unpaired) electrons. The maximum Gasteiger partial charge on any atom is 0.0755 e. The summed E-state index contributed by atoms with van der Waals surface area (Å²) in [5, 5.41) is 0. The van der Waals surface area contributed by atoms with Gasteiger partial charge < -0.3 is 9.80 Å². The first-order chi connectivity index (χ1) is 30.0. The van der Waals surface area contributed by atoms with Crippen molar-refractivity contribution < 1.29 is 0 Å². The number of anilines is 6. The van der Waals surface area contributed by atoms with E-state index >= 15 is 0 Å². The fraction of sp³-hybridized carbons (Fsp3) is 0.0690. The standard InChI is InChI=1S/C58H40N2S/c1-57(2)46-19-8-6-17-42(46)44-33-31-40(35-50(44)57)59(39-29-27-38(28-30-39)37-15-4-3-5-16-37)41-32-34-45-43-18-7-9-20-47(43)58(51(45)36-41)48-21-10-11-23-52(48)60-53-24-12-13-25-54(53)61-55-26-14-22-49(58)56(55)60/h3-36H,1-2H3. The number of hydrogen-bond donors (Lipinski definition) is 0. The summed E-state index contributed by atoms with van der Waals surface area (Å²) in [4.78, 5) is 7.58. The number of rotatable bonds is 4. The second-order valence-electron chi connectivity index (χ2n) is 17.2. The van der Waals surface area contributed by atoms with Crippen LogP contribution in [0.1, 0.15) is 47.2 Å². The highest BCUT2D eigenvalue weighted by Crippen LogP contribution is 2.67. The van der Waals surface area contributed by atoms with Crippen LogP contribution in [0.25, 0.3) is 33.4 Å². The average molecular weight is 797 g/mol. The van der Waals surface area contributed by atoms with Crippen LogP contribution in [0.2, 0.25) is 0 Å². The molecule has 4 aliphatic rings. The van der Waals surface area contributed by atoms with Crippen molar-refractivity contribution in [2.45, 2.75) is 34.5 Å². The van der Waals surface area contributed by atoms with Crippen LogP contribution >= 0.6 is 11.8 Å². The summed E-state index contributed by atoms with van der Waals surface area (Å²) in [6.07, 6.45) is 0. The van der Waals surface area contributed by atoms with E-state index < -0.39 is 5.41 Å². The molecule has 0 bridgehead atoms. The maximum atomic E-state index is 2.53. The van der Waals surface area contributed by atoms with Crippen LogP contribution in [0.5, 0.6) is 0 Å². The van der Waals surface area contributed by atoms with Gasteiger partial charge in [-0.1, -0.05) is 171 Å². The second-order valence-corrected chi connectivity index (χ2v) is 18.3. The van der Waals surface area contributed by atoms with Gasteiger partial charge in [0.2, 0.25) is 0 Å². The Labute approximate surface area is 361 Å². The third-order valence-corrected chi connectivity index (χ3v) is 15.0. The van der Waals surface area contributed by atoms with Crippen LogP contribution in [-0.4, -0.2) is 0 Å². The van der Waals surface area contributed by atoms with E-state index in [9.17, 15) is 0 Å². The molecule has 0 aromatic heterocycles. The van der Waals surface area contributed by atoms with Gasteiger partial charge in [0.15, 0.2) is 0 Å². The molecule has 1 atom stereocenters. The Morgan fingerprint density at radius 3 is 1.67 bits per heavy atom. The van der Waals surface area contributed by atoms with Crippen LogP contribution in [0, 0.1) is 0 Å². The minimum atomic E-state index is -0.544. The molecule has 0 saturated carbocycles. The highest BCUT2D eigenvalue weighted by atomic mass is 32.2. The fourth-order valence-electron chi connectivity index (χ4n) is 11.2. The van der Waals surface area contributed by atoms with E-state index in [1.54, 1.807) is 0 Å². The van der Waals surface area contributed by atoms with Crippen LogP contribution in [-0.2, 0) is 10.8 Å². The Hall–Kier alpha value is -7.07. The normalized spacial score (nSPS) is 16.5. The molecular weight excluding hydrogens is 757 g/mol. The molecule has 2 aliphatic heterocycles. The number of fused-ring (bicyclic) bond motifs is 14. The largest absolute Gasteiger partial charge is 0.310 e. The molecule has 288 valence electrons. The lowest BCUT2D eigenvalue weighted by Crippen LogP contribution is -2.37. The Morgan fingerprint density at radius 2 is 0.902 bits per heavy atom. The third kappa shape index (κ3) is 4.70. The molecule has 0 amide bonds. The average Bonchev–Trinajstić information content (AvgIpc) is 3.73. The summed E-state index contributed by atoms with van der Waals surface area (Å²) in [6, 6.07) is 77.3. The first kappa shape index (κ1) is 34.8. The van der Waals surface area contributed by atoms with E-state index in [-0.39, 0.29) is 5.41 Å². The van der Waals surface area contributed by atoms with Gasteiger partial charge in [-0.15, -0.1) is 0 Å². The quantitative estimate of drug-likeness (QED) is 0.175. The van der Waals surface area contributed by atoms with Gasteiger partial charge in [-0.2, -0.15) is 0 Å². The monoisotopic (exact) mass is 796 g/mol. The van der Waals surface area contributed by atoms with Gasteiger partial charge >= 0.3 is 0 Å². The number of para-hydroxylation sites is 3. The number of hydrogen-bond acceptors (Lipinski definition) is 3. The van der Waals surface area contributed by atoms with Crippen LogP contribution in [0.4, 0.5) is 34.1 Å². The predicted molar refractivity (Wildman–Crippen MR) is 254 cm³/mol. The maximum absolute atomic E-state index is 2.53. The molecule has 0 fully saturated rings. The van der Waals surface area contributed by atoms with Crippen LogP contribution in [0.3, 0.4) is 0 Å². The van der Waals surface area contributed by atoms with E-state index in [2.05, 4.69) is 230 Å². The molecule has 0 N–H and O–H groups in total. The summed E-state index contributed by atoms with van der Waals surface area (Å²) < 4.78 is 0. The molecule has 61 heavy (non-hydrogen) atoms. The molecule has 1 unspecified atom stereocenters. The van der Waals surface area contributed by atoms with Crippen molar-refractivity contribution in [1.82, 2.24) is 0 Å². The van der Waals surface area contributed by atoms with E-state index in [4.69, 9.17) is 0 Å². The zero-order valence-electron chi connectivity index (χ0n) is 33.9. The van der Waals surface area contributed by atoms with Gasteiger partial charge in [0.25, 0.3) is 0 Å².